The fourth-order valence-corrected chi connectivity index (χ4v) is 2.76. The molecule has 1 unspecified atom stereocenters. The fraction of sp³-hybridized carbons (Fsp3) is 0.588. The molecule has 1 heterocycles. The summed E-state index contributed by atoms with van der Waals surface area (Å²) >= 11 is 0. The van der Waals surface area contributed by atoms with E-state index in [9.17, 15) is 9.90 Å². The number of ketones is 1. The minimum absolute atomic E-state index is 0.146. The van der Waals surface area contributed by atoms with Gasteiger partial charge in [0.2, 0.25) is 0 Å². The van der Waals surface area contributed by atoms with Crippen LogP contribution in [0.4, 0.5) is 0 Å². The van der Waals surface area contributed by atoms with E-state index < -0.39 is 0 Å². The lowest BCUT2D eigenvalue weighted by molar-refractivity contribution is 0.0719. The van der Waals surface area contributed by atoms with E-state index >= 15 is 0 Å². The van der Waals surface area contributed by atoms with Crippen LogP contribution in [-0.2, 0) is 0 Å². The average Bonchev–Trinajstić information content (AvgIpc) is 2.48. The summed E-state index contributed by atoms with van der Waals surface area (Å²) in [6, 6.07) is 7.87. The molecule has 1 aromatic carbocycles. The molecule has 0 bridgehead atoms. The first kappa shape index (κ1) is 15.2. The Morgan fingerprint density at radius 3 is 2.45 bits per heavy atom. The number of aliphatic hydroxyl groups is 1. The summed E-state index contributed by atoms with van der Waals surface area (Å²) in [5.74, 6) is 0.424. The molecule has 1 saturated heterocycles. The Morgan fingerprint density at radius 1 is 1.30 bits per heavy atom. The Bertz CT molecular complexity index is 433. The van der Waals surface area contributed by atoms with Crippen LogP contribution in [0.25, 0.3) is 0 Å². The monoisotopic (exact) mass is 275 g/mol. The third kappa shape index (κ3) is 3.90. The summed E-state index contributed by atoms with van der Waals surface area (Å²) in [4.78, 5) is 14.7. The Labute approximate surface area is 121 Å². The van der Waals surface area contributed by atoms with E-state index in [0.717, 1.165) is 44.5 Å². The van der Waals surface area contributed by atoms with Crippen molar-refractivity contribution in [2.45, 2.75) is 39.2 Å². The molecular weight excluding hydrogens is 250 g/mol. The zero-order valence-electron chi connectivity index (χ0n) is 12.5. The predicted molar refractivity (Wildman–Crippen MR) is 81.0 cm³/mol. The molecule has 1 N–H and O–H groups in total. The van der Waals surface area contributed by atoms with E-state index in [-0.39, 0.29) is 17.8 Å². The highest BCUT2D eigenvalue weighted by molar-refractivity contribution is 5.97. The molecule has 0 aliphatic carbocycles. The molecule has 1 atom stereocenters. The van der Waals surface area contributed by atoms with Crippen LogP contribution < -0.4 is 0 Å². The van der Waals surface area contributed by atoms with Crippen molar-refractivity contribution in [1.29, 1.82) is 0 Å². The number of likely N-dealkylation sites (tertiary alicyclic amines) is 1. The van der Waals surface area contributed by atoms with Crippen LogP contribution in [-0.4, -0.2) is 41.5 Å². The standard InChI is InChI=1S/C17H25NO2/c1-3-16(19)12-18-10-8-15(9-11-18)17(20)14-6-4-13(2)5-7-14/h4-7,15-16,19H,3,8-12H2,1-2H3. The fourth-order valence-electron chi connectivity index (χ4n) is 2.76. The smallest absolute Gasteiger partial charge is 0.166 e. The van der Waals surface area contributed by atoms with Gasteiger partial charge in [-0.05, 0) is 39.3 Å². The Kier molecular flexibility index (Phi) is 5.32. The van der Waals surface area contributed by atoms with Crippen molar-refractivity contribution in [3.63, 3.8) is 0 Å². The van der Waals surface area contributed by atoms with Crippen LogP contribution in [0.3, 0.4) is 0 Å². The van der Waals surface area contributed by atoms with Gasteiger partial charge in [0.05, 0.1) is 6.10 Å². The van der Waals surface area contributed by atoms with Crippen molar-refractivity contribution in [3.8, 4) is 0 Å². The zero-order valence-corrected chi connectivity index (χ0v) is 12.5. The van der Waals surface area contributed by atoms with Crippen molar-refractivity contribution in [2.75, 3.05) is 19.6 Å². The normalized spacial score (nSPS) is 18.9. The minimum atomic E-state index is -0.237. The SMILES string of the molecule is CCC(O)CN1CCC(C(=O)c2ccc(C)cc2)CC1. The third-order valence-corrected chi connectivity index (χ3v) is 4.23. The molecule has 1 aliphatic rings. The van der Waals surface area contributed by atoms with E-state index in [2.05, 4.69) is 4.90 Å². The molecule has 1 fully saturated rings. The van der Waals surface area contributed by atoms with E-state index in [1.165, 1.54) is 5.56 Å². The summed E-state index contributed by atoms with van der Waals surface area (Å²) in [5, 5.41) is 9.68. The topological polar surface area (TPSA) is 40.5 Å². The number of Topliss-reactive ketones (excluding diaryl/α,β-unsaturated/α-hetero) is 1. The Hall–Kier alpha value is -1.19. The van der Waals surface area contributed by atoms with E-state index in [1.807, 2.05) is 38.1 Å². The van der Waals surface area contributed by atoms with Crippen molar-refractivity contribution >= 4 is 5.78 Å². The molecular formula is C17H25NO2. The quantitative estimate of drug-likeness (QED) is 0.840. The van der Waals surface area contributed by atoms with Crippen LogP contribution >= 0.6 is 0 Å². The number of nitrogens with zero attached hydrogens (tertiary/aromatic N) is 1. The second-order valence-corrected chi connectivity index (χ2v) is 5.87. The van der Waals surface area contributed by atoms with Gasteiger partial charge in [-0.2, -0.15) is 0 Å². The molecule has 0 radical (unpaired) electrons. The maximum atomic E-state index is 12.4. The number of carbonyl (C=O) groups is 1. The van der Waals surface area contributed by atoms with Crippen molar-refractivity contribution in [1.82, 2.24) is 4.90 Å². The van der Waals surface area contributed by atoms with Gasteiger partial charge in [-0.1, -0.05) is 36.8 Å². The van der Waals surface area contributed by atoms with Gasteiger partial charge in [-0.3, -0.25) is 4.79 Å². The van der Waals surface area contributed by atoms with E-state index in [1.54, 1.807) is 0 Å². The highest BCUT2D eigenvalue weighted by Gasteiger charge is 2.26. The molecule has 1 aromatic rings. The molecule has 0 saturated carbocycles. The number of aliphatic hydroxyl groups excluding tert-OH is 1. The molecule has 3 nitrogen and oxygen atoms in total. The second kappa shape index (κ2) is 7.00. The summed E-state index contributed by atoms with van der Waals surface area (Å²) in [6.45, 7) is 6.60. The first-order valence-electron chi connectivity index (χ1n) is 7.61. The summed E-state index contributed by atoms with van der Waals surface area (Å²) in [5.41, 5.74) is 2.02. The second-order valence-electron chi connectivity index (χ2n) is 5.87. The molecule has 20 heavy (non-hydrogen) atoms. The van der Waals surface area contributed by atoms with Crippen molar-refractivity contribution in [2.24, 2.45) is 5.92 Å². The molecule has 1 aliphatic heterocycles. The Morgan fingerprint density at radius 2 is 1.90 bits per heavy atom. The molecule has 0 amide bonds. The highest BCUT2D eigenvalue weighted by atomic mass is 16.3. The average molecular weight is 275 g/mol. The van der Waals surface area contributed by atoms with Crippen LogP contribution in [0, 0.1) is 12.8 Å². The van der Waals surface area contributed by atoms with Crippen LogP contribution in [0.2, 0.25) is 0 Å². The van der Waals surface area contributed by atoms with Gasteiger partial charge >= 0.3 is 0 Å². The van der Waals surface area contributed by atoms with Crippen molar-refractivity contribution < 1.29 is 9.90 Å². The number of hydrogen-bond donors (Lipinski definition) is 1. The zero-order chi connectivity index (χ0) is 14.5. The number of hydrogen-bond acceptors (Lipinski definition) is 3. The highest BCUT2D eigenvalue weighted by Crippen LogP contribution is 2.22. The number of β-amino-alcohol motifs (C(OH)–C–C–N with tert-alkyl or cyclic N) is 1. The molecule has 3 heteroatoms. The maximum absolute atomic E-state index is 12.4. The lowest BCUT2D eigenvalue weighted by Gasteiger charge is -2.32. The van der Waals surface area contributed by atoms with Gasteiger partial charge in [-0.15, -0.1) is 0 Å². The summed E-state index contributed by atoms with van der Waals surface area (Å²) in [7, 11) is 0. The molecule has 110 valence electrons. The van der Waals surface area contributed by atoms with Gasteiger partial charge in [0.1, 0.15) is 0 Å². The van der Waals surface area contributed by atoms with Crippen LogP contribution in [0.5, 0.6) is 0 Å². The van der Waals surface area contributed by atoms with Crippen molar-refractivity contribution in [3.05, 3.63) is 35.4 Å². The van der Waals surface area contributed by atoms with Gasteiger partial charge in [0.25, 0.3) is 0 Å². The largest absolute Gasteiger partial charge is 0.392 e. The van der Waals surface area contributed by atoms with Crippen LogP contribution in [0.15, 0.2) is 24.3 Å². The van der Waals surface area contributed by atoms with E-state index in [4.69, 9.17) is 0 Å². The number of carbonyl (C=O) groups excluding carboxylic acids is 1. The van der Waals surface area contributed by atoms with E-state index in [0.29, 0.717) is 0 Å². The first-order valence-corrected chi connectivity index (χ1v) is 7.61. The molecule has 0 aromatic heterocycles. The van der Waals surface area contributed by atoms with Gasteiger partial charge < -0.3 is 10.0 Å². The lowest BCUT2D eigenvalue weighted by Crippen LogP contribution is -2.40. The van der Waals surface area contributed by atoms with Gasteiger partial charge in [-0.25, -0.2) is 0 Å². The van der Waals surface area contributed by atoms with Crippen LogP contribution in [0.1, 0.15) is 42.1 Å². The lowest BCUT2D eigenvalue weighted by atomic mass is 9.88. The predicted octanol–water partition coefficient (Wildman–Crippen LogP) is 2.66. The third-order valence-electron chi connectivity index (χ3n) is 4.23. The first-order chi connectivity index (χ1) is 9.60. The number of benzene rings is 1. The number of piperidine rings is 1. The number of aryl methyl sites for hydroxylation is 1. The summed E-state index contributed by atoms with van der Waals surface area (Å²) in [6.07, 6.45) is 2.37. The minimum Gasteiger partial charge on any atom is -0.392 e. The Balaban J connectivity index is 1.87. The van der Waals surface area contributed by atoms with Gasteiger partial charge in [0, 0.05) is 18.0 Å². The molecule has 0 spiro atoms. The number of rotatable bonds is 5. The van der Waals surface area contributed by atoms with Gasteiger partial charge in [0.15, 0.2) is 5.78 Å². The summed E-state index contributed by atoms with van der Waals surface area (Å²) < 4.78 is 0. The molecule has 2 rings (SSSR count). The maximum Gasteiger partial charge on any atom is 0.166 e.